The Balaban J connectivity index is 2.30. The monoisotopic (exact) mass is 157 g/mol. The van der Waals surface area contributed by atoms with Crippen LogP contribution in [0.15, 0.2) is 17.6 Å². The summed E-state index contributed by atoms with van der Waals surface area (Å²) in [5.74, 6) is 0.806. The molecular weight excluding hydrogens is 148 g/mol. The first-order valence-electron chi connectivity index (χ1n) is 3.24. The van der Waals surface area contributed by atoms with E-state index in [1.807, 2.05) is 17.0 Å². The Labute approximate surface area is 63.1 Å². The molecule has 1 aromatic heterocycles. The number of rotatable bonds is 0. The van der Waals surface area contributed by atoms with Crippen LogP contribution in [0.3, 0.4) is 0 Å². The summed E-state index contributed by atoms with van der Waals surface area (Å²) in [6, 6.07) is 0. The highest BCUT2D eigenvalue weighted by atomic mass is 32.2. The number of imidazole rings is 1. The zero-order valence-electron chi connectivity index (χ0n) is 5.45. The van der Waals surface area contributed by atoms with Gasteiger partial charge >= 0.3 is 5.16 Å². The van der Waals surface area contributed by atoms with Crippen LogP contribution in [0.5, 0.6) is 0 Å². The largest absolute Gasteiger partial charge is 0.388 e. The van der Waals surface area contributed by atoms with Gasteiger partial charge < -0.3 is 5.11 Å². The van der Waals surface area contributed by atoms with Gasteiger partial charge in [-0.2, -0.15) is 0 Å². The number of thioether (sulfide) groups is 1. The fraction of sp³-hybridized carbons (Fsp3) is 0.500. The minimum Gasteiger partial charge on any atom is -0.388 e. The number of aromatic amines is 1. The van der Waals surface area contributed by atoms with Crippen molar-refractivity contribution < 1.29 is 9.67 Å². The molecule has 0 bridgehead atoms. The maximum atomic E-state index is 9.22. The molecule has 54 valence electrons. The van der Waals surface area contributed by atoms with E-state index in [2.05, 4.69) is 4.98 Å². The van der Waals surface area contributed by atoms with Crippen molar-refractivity contribution in [2.75, 3.05) is 5.75 Å². The second kappa shape index (κ2) is 2.29. The van der Waals surface area contributed by atoms with Gasteiger partial charge in [0.05, 0.1) is 0 Å². The Hall–Kier alpha value is -0.480. The smallest absolute Gasteiger partial charge is 0.315 e. The van der Waals surface area contributed by atoms with Crippen molar-refractivity contribution in [1.82, 2.24) is 4.98 Å². The zero-order valence-corrected chi connectivity index (χ0v) is 6.27. The average molecular weight is 157 g/mol. The van der Waals surface area contributed by atoms with Gasteiger partial charge in [0, 0.05) is 5.75 Å². The number of hydrogen-bond donors (Lipinski definition) is 2. The predicted octanol–water partition coefficient (Wildman–Crippen LogP) is -0.231. The highest BCUT2D eigenvalue weighted by molar-refractivity contribution is 7.99. The molecule has 0 amide bonds. The molecule has 1 aliphatic heterocycles. The molecule has 0 saturated heterocycles. The Morgan fingerprint density at radius 1 is 1.80 bits per heavy atom. The van der Waals surface area contributed by atoms with Crippen molar-refractivity contribution in [3.63, 3.8) is 0 Å². The summed E-state index contributed by atoms with van der Waals surface area (Å²) in [6.45, 7) is 0.728. The molecule has 2 rings (SSSR count). The number of nitrogens with zero attached hydrogens (tertiary/aromatic N) is 1. The fourth-order valence-corrected chi connectivity index (χ4v) is 1.98. The summed E-state index contributed by atoms with van der Waals surface area (Å²) in [6.07, 6.45) is 3.66. The third-order valence-corrected chi connectivity index (χ3v) is 2.72. The van der Waals surface area contributed by atoms with Crippen LogP contribution >= 0.6 is 11.8 Å². The second-order valence-corrected chi connectivity index (χ2v) is 3.39. The summed E-state index contributed by atoms with van der Waals surface area (Å²) in [4.78, 5) is 3.09. The summed E-state index contributed by atoms with van der Waals surface area (Å²) in [5.41, 5.74) is 0. The molecule has 1 atom stereocenters. The van der Waals surface area contributed by atoms with Gasteiger partial charge in [-0.15, -0.1) is 0 Å². The first kappa shape index (κ1) is 6.24. The Bertz CT molecular complexity index is 235. The van der Waals surface area contributed by atoms with Crippen molar-refractivity contribution in [3.8, 4) is 0 Å². The molecule has 2 N–H and O–H groups in total. The van der Waals surface area contributed by atoms with Crippen molar-refractivity contribution in [2.45, 2.75) is 17.8 Å². The van der Waals surface area contributed by atoms with Crippen LogP contribution in [0.1, 0.15) is 0 Å². The summed E-state index contributed by atoms with van der Waals surface area (Å²) >= 11 is 1.66. The third-order valence-electron chi connectivity index (χ3n) is 1.54. The van der Waals surface area contributed by atoms with Crippen molar-refractivity contribution in [2.24, 2.45) is 0 Å². The number of H-pyrrole nitrogens is 1. The van der Waals surface area contributed by atoms with E-state index < -0.39 is 0 Å². The molecule has 0 fully saturated rings. The standard InChI is InChI=1S/C6H8N2OS/c9-5-3-8-2-1-7-6(8)10-4-5/h1-2,5,9H,3-4H2/p+1. The lowest BCUT2D eigenvalue weighted by Gasteiger charge is -2.11. The van der Waals surface area contributed by atoms with Gasteiger partial charge in [0.2, 0.25) is 0 Å². The summed E-state index contributed by atoms with van der Waals surface area (Å²) < 4.78 is 2.03. The minimum atomic E-state index is -0.182. The number of aliphatic hydroxyl groups excluding tert-OH is 1. The van der Waals surface area contributed by atoms with E-state index in [0.717, 1.165) is 17.5 Å². The Morgan fingerprint density at radius 2 is 2.70 bits per heavy atom. The lowest BCUT2D eigenvalue weighted by atomic mass is 10.4. The van der Waals surface area contributed by atoms with Gasteiger partial charge in [0.25, 0.3) is 0 Å². The minimum absolute atomic E-state index is 0.182. The van der Waals surface area contributed by atoms with E-state index in [9.17, 15) is 5.11 Å². The molecule has 0 spiro atoms. The highest BCUT2D eigenvalue weighted by Crippen LogP contribution is 2.16. The molecule has 0 radical (unpaired) electrons. The molecular formula is C6H9N2OS+. The van der Waals surface area contributed by atoms with Gasteiger partial charge in [-0.1, -0.05) is 0 Å². The van der Waals surface area contributed by atoms with Crippen molar-refractivity contribution in [1.29, 1.82) is 0 Å². The van der Waals surface area contributed by atoms with Gasteiger partial charge in [0.15, 0.2) is 0 Å². The van der Waals surface area contributed by atoms with Gasteiger partial charge in [0.1, 0.15) is 25.0 Å². The van der Waals surface area contributed by atoms with Crippen LogP contribution in [-0.2, 0) is 6.54 Å². The number of fused-ring (bicyclic) bond motifs is 1. The summed E-state index contributed by atoms with van der Waals surface area (Å²) in [7, 11) is 0. The van der Waals surface area contributed by atoms with E-state index in [4.69, 9.17) is 0 Å². The number of hydrogen-bond acceptors (Lipinski definition) is 2. The van der Waals surface area contributed by atoms with Crippen LogP contribution in [-0.4, -0.2) is 21.9 Å². The van der Waals surface area contributed by atoms with Gasteiger partial charge in [-0.05, 0) is 11.8 Å². The van der Waals surface area contributed by atoms with E-state index in [1.165, 1.54) is 0 Å². The molecule has 0 saturated carbocycles. The summed E-state index contributed by atoms with van der Waals surface area (Å²) in [5, 5.41) is 10.4. The SMILES string of the molecule is OC1CSc2[nH]cc[n+]2C1. The van der Waals surface area contributed by atoms with Crippen molar-refractivity contribution >= 4 is 11.8 Å². The molecule has 3 nitrogen and oxygen atoms in total. The highest BCUT2D eigenvalue weighted by Gasteiger charge is 2.22. The quantitative estimate of drug-likeness (QED) is 0.511. The first-order chi connectivity index (χ1) is 4.86. The van der Waals surface area contributed by atoms with Crippen LogP contribution in [0.25, 0.3) is 0 Å². The maximum Gasteiger partial charge on any atom is 0.315 e. The van der Waals surface area contributed by atoms with Gasteiger partial charge in [-0.3, -0.25) is 0 Å². The molecule has 0 aromatic carbocycles. The molecule has 2 heterocycles. The Morgan fingerprint density at radius 3 is 3.60 bits per heavy atom. The lowest BCUT2D eigenvalue weighted by molar-refractivity contribution is -0.739. The molecule has 1 unspecified atom stereocenters. The predicted molar refractivity (Wildman–Crippen MR) is 37.7 cm³/mol. The number of nitrogens with one attached hydrogen (secondary N) is 1. The third kappa shape index (κ3) is 0.932. The average Bonchev–Trinajstić information content (AvgIpc) is 2.33. The van der Waals surface area contributed by atoms with Crippen LogP contribution < -0.4 is 4.57 Å². The van der Waals surface area contributed by atoms with Crippen LogP contribution in [0.4, 0.5) is 0 Å². The topological polar surface area (TPSA) is 39.9 Å². The van der Waals surface area contributed by atoms with E-state index >= 15 is 0 Å². The molecule has 0 aliphatic carbocycles. The Kier molecular flexibility index (Phi) is 1.43. The maximum absolute atomic E-state index is 9.22. The number of aliphatic hydroxyl groups is 1. The molecule has 1 aliphatic rings. The van der Waals surface area contributed by atoms with Crippen LogP contribution in [0.2, 0.25) is 0 Å². The normalized spacial score (nSPS) is 24.3. The lowest BCUT2D eigenvalue weighted by Crippen LogP contribution is -2.44. The van der Waals surface area contributed by atoms with Crippen LogP contribution in [0, 0.1) is 0 Å². The number of aromatic nitrogens is 2. The van der Waals surface area contributed by atoms with Gasteiger partial charge in [-0.25, -0.2) is 9.55 Å². The van der Waals surface area contributed by atoms with Crippen molar-refractivity contribution in [3.05, 3.63) is 12.4 Å². The fourth-order valence-electron chi connectivity index (χ4n) is 1.07. The molecule has 4 heteroatoms. The van der Waals surface area contributed by atoms with E-state index in [1.54, 1.807) is 11.8 Å². The molecule has 10 heavy (non-hydrogen) atoms. The first-order valence-corrected chi connectivity index (χ1v) is 4.22. The van der Waals surface area contributed by atoms with E-state index in [-0.39, 0.29) is 6.10 Å². The zero-order chi connectivity index (χ0) is 6.97. The van der Waals surface area contributed by atoms with E-state index in [0.29, 0.717) is 0 Å². The molecule has 1 aromatic rings. The second-order valence-electron chi connectivity index (χ2n) is 2.38.